The van der Waals surface area contributed by atoms with Crippen LogP contribution >= 0.6 is 24.8 Å². The van der Waals surface area contributed by atoms with Crippen LogP contribution in [0.15, 0.2) is 0 Å². The van der Waals surface area contributed by atoms with Gasteiger partial charge in [0.1, 0.15) is 0 Å². The maximum Gasteiger partial charge on any atom is 0.0195 e. The third-order valence-electron chi connectivity index (χ3n) is 2.00. The minimum absolute atomic E-state index is 0. The van der Waals surface area contributed by atoms with Crippen molar-refractivity contribution >= 4 is 24.8 Å². The molecular formula is C7H18Cl2N2. The highest BCUT2D eigenvalue weighted by molar-refractivity contribution is 5.85. The highest BCUT2D eigenvalue weighted by Gasteiger charge is 2.28. The minimum atomic E-state index is 0. The van der Waals surface area contributed by atoms with Gasteiger partial charge in [-0.15, -0.1) is 24.8 Å². The molecule has 1 heterocycles. The summed E-state index contributed by atoms with van der Waals surface area (Å²) in [6.45, 7) is 5.23. The lowest BCUT2D eigenvalue weighted by molar-refractivity contribution is 0.430. The molecular weight excluding hydrogens is 183 g/mol. The molecule has 3 N–H and O–H groups in total. The van der Waals surface area contributed by atoms with E-state index in [0.29, 0.717) is 11.6 Å². The molecule has 0 aliphatic carbocycles. The van der Waals surface area contributed by atoms with Gasteiger partial charge >= 0.3 is 0 Å². The maximum atomic E-state index is 5.49. The Morgan fingerprint density at radius 1 is 1.45 bits per heavy atom. The van der Waals surface area contributed by atoms with Crippen LogP contribution in [-0.4, -0.2) is 18.1 Å². The minimum Gasteiger partial charge on any atom is -0.329 e. The molecule has 1 unspecified atom stereocenters. The van der Waals surface area contributed by atoms with E-state index in [2.05, 4.69) is 19.2 Å². The first-order valence-corrected chi connectivity index (χ1v) is 3.62. The lowest BCUT2D eigenvalue weighted by Gasteiger charge is -2.18. The molecule has 2 nitrogen and oxygen atoms in total. The number of halogens is 2. The second kappa shape index (κ2) is 5.20. The quantitative estimate of drug-likeness (QED) is 0.671. The van der Waals surface area contributed by atoms with Crippen LogP contribution in [0.3, 0.4) is 0 Å². The molecule has 0 bridgehead atoms. The molecule has 0 radical (unpaired) electrons. The predicted octanol–water partition coefficient (Wildman–Crippen LogP) is 1.32. The third-order valence-corrected chi connectivity index (χ3v) is 2.00. The van der Waals surface area contributed by atoms with E-state index in [1.54, 1.807) is 0 Å². The summed E-state index contributed by atoms with van der Waals surface area (Å²) in [6, 6.07) is 0.569. The summed E-state index contributed by atoms with van der Waals surface area (Å²) in [5.74, 6) is 0. The zero-order chi connectivity index (χ0) is 6.91. The summed E-state index contributed by atoms with van der Waals surface area (Å²) in [5.41, 5.74) is 5.83. The van der Waals surface area contributed by atoms with Crippen molar-refractivity contribution in [1.29, 1.82) is 0 Å². The highest BCUT2D eigenvalue weighted by Crippen LogP contribution is 2.20. The first-order valence-electron chi connectivity index (χ1n) is 3.62. The summed E-state index contributed by atoms with van der Waals surface area (Å²) in [7, 11) is 0. The monoisotopic (exact) mass is 200 g/mol. The Morgan fingerprint density at radius 3 is 2.18 bits per heavy atom. The average Bonchev–Trinajstić information content (AvgIpc) is 2.10. The standard InChI is InChI=1S/C7H16N2.2ClH/c1-7(2)4-3-6(5-8)9-7;;/h6,9H,3-5,8H2,1-2H3;2*1H. The van der Waals surface area contributed by atoms with Crippen molar-refractivity contribution in [2.75, 3.05) is 6.54 Å². The lowest BCUT2D eigenvalue weighted by atomic mass is 10.0. The number of rotatable bonds is 1. The molecule has 0 aromatic carbocycles. The zero-order valence-corrected chi connectivity index (χ0v) is 8.73. The molecule has 0 amide bonds. The SMILES string of the molecule is CC1(C)CCC(CN)N1.Cl.Cl. The normalized spacial score (nSPS) is 27.0. The smallest absolute Gasteiger partial charge is 0.0195 e. The van der Waals surface area contributed by atoms with Gasteiger partial charge in [-0.2, -0.15) is 0 Å². The van der Waals surface area contributed by atoms with Crippen LogP contribution in [-0.2, 0) is 0 Å². The summed E-state index contributed by atoms with van der Waals surface area (Å²) < 4.78 is 0. The van der Waals surface area contributed by atoms with E-state index >= 15 is 0 Å². The molecule has 0 aromatic rings. The van der Waals surface area contributed by atoms with Gasteiger partial charge in [0.25, 0.3) is 0 Å². The van der Waals surface area contributed by atoms with Gasteiger partial charge in [-0.1, -0.05) is 0 Å². The summed E-state index contributed by atoms with van der Waals surface area (Å²) in [4.78, 5) is 0. The van der Waals surface area contributed by atoms with Gasteiger partial charge in [-0.05, 0) is 26.7 Å². The van der Waals surface area contributed by atoms with Crippen LogP contribution in [0.5, 0.6) is 0 Å². The Hall–Kier alpha value is 0.500. The Labute approximate surface area is 81.1 Å². The fourth-order valence-electron chi connectivity index (χ4n) is 1.41. The molecule has 1 atom stereocenters. The van der Waals surface area contributed by atoms with E-state index in [0.717, 1.165) is 6.54 Å². The number of hydrogen-bond donors (Lipinski definition) is 2. The van der Waals surface area contributed by atoms with Crippen LogP contribution in [0.1, 0.15) is 26.7 Å². The summed E-state index contributed by atoms with van der Waals surface area (Å²) in [6.07, 6.45) is 2.50. The van der Waals surface area contributed by atoms with Gasteiger partial charge < -0.3 is 11.1 Å². The van der Waals surface area contributed by atoms with E-state index in [4.69, 9.17) is 5.73 Å². The molecule has 1 rings (SSSR count). The van der Waals surface area contributed by atoms with Crippen LogP contribution in [0.4, 0.5) is 0 Å². The van der Waals surface area contributed by atoms with Crippen LogP contribution in [0.2, 0.25) is 0 Å². The van der Waals surface area contributed by atoms with E-state index in [-0.39, 0.29) is 24.8 Å². The largest absolute Gasteiger partial charge is 0.329 e. The Bertz CT molecular complexity index is 107. The van der Waals surface area contributed by atoms with Crippen LogP contribution < -0.4 is 11.1 Å². The van der Waals surface area contributed by atoms with Crippen molar-refractivity contribution in [3.63, 3.8) is 0 Å². The Kier molecular flexibility index (Phi) is 6.64. The number of nitrogens with two attached hydrogens (primary N) is 1. The predicted molar refractivity (Wildman–Crippen MR) is 53.8 cm³/mol. The molecule has 70 valence electrons. The van der Waals surface area contributed by atoms with E-state index in [9.17, 15) is 0 Å². The van der Waals surface area contributed by atoms with Gasteiger partial charge in [-0.25, -0.2) is 0 Å². The van der Waals surface area contributed by atoms with Gasteiger partial charge in [-0.3, -0.25) is 0 Å². The zero-order valence-electron chi connectivity index (χ0n) is 7.09. The first kappa shape index (κ1) is 14.0. The van der Waals surface area contributed by atoms with Gasteiger partial charge in [0.05, 0.1) is 0 Å². The van der Waals surface area contributed by atoms with Gasteiger partial charge in [0, 0.05) is 18.1 Å². The van der Waals surface area contributed by atoms with E-state index in [1.807, 2.05) is 0 Å². The topological polar surface area (TPSA) is 38.0 Å². The van der Waals surface area contributed by atoms with Gasteiger partial charge in [0.2, 0.25) is 0 Å². The molecule has 4 heteroatoms. The van der Waals surface area contributed by atoms with Crippen LogP contribution in [0.25, 0.3) is 0 Å². The average molecular weight is 201 g/mol. The molecule has 1 aliphatic rings. The molecule has 0 spiro atoms. The van der Waals surface area contributed by atoms with E-state index < -0.39 is 0 Å². The lowest BCUT2D eigenvalue weighted by Crippen LogP contribution is -2.40. The maximum absolute atomic E-state index is 5.49. The summed E-state index contributed by atoms with van der Waals surface area (Å²) >= 11 is 0. The third kappa shape index (κ3) is 4.16. The van der Waals surface area contributed by atoms with Crippen molar-refractivity contribution in [2.24, 2.45) is 5.73 Å². The molecule has 1 aliphatic heterocycles. The van der Waals surface area contributed by atoms with Crippen molar-refractivity contribution in [2.45, 2.75) is 38.3 Å². The van der Waals surface area contributed by atoms with Crippen molar-refractivity contribution in [3.05, 3.63) is 0 Å². The van der Waals surface area contributed by atoms with Crippen molar-refractivity contribution < 1.29 is 0 Å². The first-order chi connectivity index (χ1) is 4.14. The molecule has 11 heavy (non-hydrogen) atoms. The van der Waals surface area contributed by atoms with Crippen molar-refractivity contribution in [3.8, 4) is 0 Å². The molecule has 1 saturated heterocycles. The summed E-state index contributed by atoms with van der Waals surface area (Å²) in [5, 5.41) is 3.45. The van der Waals surface area contributed by atoms with Crippen LogP contribution in [0, 0.1) is 0 Å². The molecule has 1 fully saturated rings. The Balaban J connectivity index is 0. The molecule has 0 aromatic heterocycles. The second-order valence-corrected chi connectivity index (χ2v) is 3.50. The molecule has 0 saturated carbocycles. The van der Waals surface area contributed by atoms with E-state index in [1.165, 1.54) is 12.8 Å². The van der Waals surface area contributed by atoms with Gasteiger partial charge in [0.15, 0.2) is 0 Å². The second-order valence-electron chi connectivity index (χ2n) is 3.50. The number of nitrogens with one attached hydrogen (secondary N) is 1. The van der Waals surface area contributed by atoms with Crippen molar-refractivity contribution in [1.82, 2.24) is 5.32 Å². The fourth-order valence-corrected chi connectivity index (χ4v) is 1.41. The number of hydrogen-bond acceptors (Lipinski definition) is 2. The highest BCUT2D eigenvalue weighted by atomic mass is 35.5. The Morgan fingerprint density at radius 2 is 2.00 bits per heavy atom. The fraction of sp³-hybridized carbons (Fsp3) is 1.00.